The van der Waals surface area contributed by atoms with Crippen molar-refractivity contribution in [2.24, 2.45) is 0 Å². The van der Waals surface area contributed by atoms with Gasteiger partial charge in [0.2, 0.25) is 0 Å². The van der Waals surface area contributed by atoms with Gasteiger partial charge in [-0.2, -0.15) is 0 Å². The van der Waals surface area contributed by atoms with E-state index >= 15 is 0 Å². The fraction of sp³-hybridized carbons (Fsp3) is 0.545. The maximum absolute atomic E-state index is 11.7. The van der Waals surface area contributed by atoms with Gasteiger partial charge in [-0.25, -0.2) is 9.78 Å². The molecular formula is C11H14N2O4S. The molecule has 1 fully saturated rings. The minimum Gasteiger partial charge on any atom is -0.461 e. The van der Waals surface area contributed by atoms with Crippen LogP contribution in [0.5, 0.6) is 0 Å². The van der Waals surface area contributed by atoms with E-state index in [9.17, 15) is 9.59 Å². The number of carbonyl (C=O) groups excluding carboxylic acids is 2. The Balaban J connectivity index is 1.93. The summed E-state index contributed by atoms with van der Waals surface area (Å²) >= 11 is 1.19. The van der Waals surface area contributed by atoms with Gasteiger partial charge in [0, 0.05) is 12.0 Å². The Labute approximate surface area is 108 Å². The highest BCUT2D eigenvalue weighted by atomic mass is 32.1. The molecule has 2 rings (SSSR count). The SMILES string of the molecule is CCOC(=O)c1csc(NC(=O)C2CCCO2)n1. The highest BCUT2D eigenvalue weighted by Crippen LogP contribution is 2.19. The number of carbonyl (C=O) groups is 2. The molecule has 1 N–H and O–H groups in total. The summed E-state index contributed by atoms with van der Waals surface area (Å²) in [5.74, 6) is -0.691. The highest BCUT2D eigenvalue weighted by Gasteiger charge is 2.24. The van der Waals surface area contributed by atoms with E-state index < -0.39 is 12.1 Å². The van der Waals surface area contributed by atoms with Crippen molar-refractivity contribution in [2.75, 3.05) is 18.5 Å². The number of nitrogens with zero attached hydrogens (tertiary/aromatic N) is 1. The Bertz CT molecular complexity index is 440. The summed E-state index contributed by atoms with van der Waals surface area (Å²) in [5.41, 5.74) is 0.212. The first-order valence-corrected chi connectivity index (χ1v) is 6.63. The molecule has 1 aliphatic rings. The lowest BCUT2D eigenvalue weighted by atomic mass is 10.2. The van der Waals surface area contributed by atoms with Crippen LogP contribution in [-0.2, 0) is 14.3 Å². The van der Waals surface area contributed by atoms with Gasteiger partial charge in [-0.05, 0) is 19.8 Å². The van der Waals surface area contributed by atoms with Crippen LogP contribution in [0.25, 0.3) is 0 Å². The first kappa shape index (κ1) is 13.0. The number of thiazole rings is 1. The summed E-state index contributed by atoms with van der Waals surface area (Å²) in [6.07, 6.45) is 1.21. The molecule has 1 aromatic rings. The Morgan fingerprint density at radius 1 is 1.67 bits per heavy atom. The quantitative estimate of drug-likeness (QED) is 0.838. The summed E-state index contributed by atoms with van der Waals surface area (Å²) in [7, 11) is 0. The molecule has 1 atom stereocenters. The average molecular weight is 270 g/mol. The van der Waals surface area contributed by atoms with Crippen molar-refractivity contribution in [1.29, 1.82) is 0 Å². The van der Waals surface area contributed by atoms with Crippen LogP contribution in [-0.4, -0.2) is 36.2 Å². The summed E-state index contributed by atoms with van der Waals surface area (Å²) in [5, 5.41) is 4.58. The zero-order valence-corrected chi connectivity index (χ0v) is 10.8. The number of ether oxygens (including phenoxy) is 2. The predicted octanol–water partition coefficient (Wildman–Crippen LogP) is 1.44. The molecule has 1 unspecified atom stereocenters. The smallest absolute Gasteiger partial charge is 0.357 e. The Kier molecular flexibility index (Phi) is 4.27. The lowest BCUT2D eigenvalue weighted by Gasteiger charge is -2.07. The molecule has 0 aromatic carbocycles. The summed E-state index contributed by atoms with van der Waals surface area (Å²) < 4.78 is 10.1. The van der Waals surface area contributed by atoms with Crippen molar-refractivity contribution in [3.05, 3.63) is 11.1 Å². The van der Waals surface area contributed by atoms with E-state index in [-0.39, 0.29) is 11.6 Å². The molecule has 0 bridgehead atoms. The zero-order valence-electron chi connectivity index (χ0n) is 9.97. The number of nitrogens with one attached hydrogen (secondary N) is 1. The molecule has 1 aliphatic heterocycles. The van der Waals surface area contributed by atoms with Crippen LogP contribution in [0.1, 0.15) is 30.3 Å². The summed E-state index contributed by atoms with van der Waals surface area (Å²) in [4.78, 5) is 27.1. The van der Waals surface area contributed by atoms with Crippen LogP contribution < -0.4 is 5.32 Å². The van der Waals surface area contributed by atoms with Crippen molar-refractivity contribution < 1.29 is 19.1 Å². The standard InChI is InChI=1S/C11H14N2O4S/c1-2-16-10(15)7-6-18-11(12-7)13-9(14)8-4-3-5-17-8/h6,8H,2-5H2,1H3,(H,12,13,14). The normalized spacial score (nSPS) is 18.6. The molecule has 6 nitrogen and oxygen atoms in total. The first-order valence-electron chi connectivity index (χ1n) is 5.76. The molecule has 0 radical (unpaired) electrons. The number of rotatable bonds is 4. The maximum Gasteiger partial charge on any atom is 0.357 e. The van der Waals surface area contributed by atoms with Crippen molar-refractivity contribution in [3.8, 4) is 0 Å². The van der Waals surface area contributed by atoms with Gasteiger partial charge < -0.3 is 9.47 Å². The van der Waals surface area contributed by atoms with Gasteiger partial charge in [0.25, 0.3) is 5.91 Å². The lowest BCUT2D eigenvalue weighted by molar-refractivity contribution is -0.124. The van der Waals surface area contributed by atoms with E-state index in [1.807, 2.05) is 0 Å². The van der Waals surface area contributed by atoms with Crippen LogP contribution in [0.3, 0.4) is 0 Å². The van der Waals surface area contributed by atoms with Gasteiger partial charge in [0.1, 0.15) is 6.10 Å². The molecule has 18 heavy (non-hydrogen) atoms. The van der Waals surface area contributed by atoms with Crippen molar-refractivity contribution in [2.45, 2.75) is 25.9 Å². The minimum absolute atomic E-state index is 0.211. The van der Waals surface area contributed by atoms with E-state index in [1.54, 1.807) is 12.3 Å². The minimum atomic E-state index is -0.480. The number of amides is 1. The predicted molar refractivity (Wildman–Crippen MR) is 65.7 cm³/mol. The molecule has 0 aliphatic carbocycles. The van der Waals surface area contributed by atoms with Crippen molar-refractivity contribution >= 4 is 28.3 Å². The first-order chi connectivity index (χ1) is 8.70. The monoisotopic (exact) mass is 270 g/mol. The third-order valence-corrected chi connectivity index (χ3v) is 3.20. The van der Waals surface area contributed by atoms with Crippen LogP contribution in [0.4, 0.5) is 5.13 Å². The molecular weight excluding hydrogens is 256 g/mol. The largest absolute Gasteiger partial charge is 0.461 e. The molecule has 0 spiro atoms. The number of aromatic nitrogens is 1. The Hall–Kier alpha value is -1.47. The van der Waals surface area contributed by atoms with Crippen molar-refractivity contribution in [1.82, 2.24) is 4.98 Å². The topological polar surface area (TPSA) is 77.5 Å². The Morgan fingerprint density at radius 2 is 2.50 bits per heavy atom. The summed E-state index contributed by atoms with van der Waals surface area (Å²) in [6.45, 7) is 2.64. The van der Waals surface area contributed by atoms with Gasteiger partial charge in [0.15, 0.2) is 10.8 Å². The fourth-order valence-electron chi connectivity index (χ4n) is 1.60. The van der Waals surface area contributed by atoms with E-state index in [2.05, 4.69) is 10.3 Å². The zero-order chi connectivity index (χ0) is 13.0. The second-order valence-corrected chi connectivity index (χ2v) is 4.61. The van der Waals surface area contributed by atoms with Gasteiger partial charge in [-0.3, -0.25) is 10.1 Å². The van der Waals surface area contributed by atoms with Gasteiger partial charge in [-0.1, -0.05) is 0 Å². The van der Waals surface area contributed by atoms with Gasteiger partial charge in [-0.15, -0.1) is 11.3 Å². The van der Waals surface area contributed by atoms with E-state index in [0.29, 0.717) is 18.3 Å². The number of hydrogen-bond donors (Lipinski definition) is 1. The molecule has 1 amide bonds. The van der Waals surface area contributed by atoms with Crippen LogP contribution in [0.2, 0.25) is 0 Å². The van der Waals surface area contributed by atoms with Gasteiger partial charge in [0.05, 0.1) is 6.61 Å². The number of anilines is 1. The number of esters is 1. The third kappa shape index (κ3) is 3.05. The average Bonchev–Trinajstić information content (AvgIpc) is 2.99. The molecule has 0 saturated carbocycles. The molecule has 98 valence electrons. The summed E-state index contributed by atoms with van der Waals surface area (Å²) in [6, 6.07) is 0. The maximum atomic E-state index is 11.7. The second kappa shape index (κ2) is 5.92. The molecule has 2 heterocycles. The van der Waals surface area contributed by atoms with E-state index in [0.717, 1.165) is 12.8 Å². The van der Waals surface area contributed by atoms with Crippen LogP contribution in [0, 0.1) is 0 Å². The van der Waals surface area contributed by atoms with Crippen molar-refractivity contribution in [3.63, 3.8) is 0 Å². The number of hydrogen-bond acceptors (Lipinski definition) is 6. The van der Waals surface area contributed by atoms with E-state index in [1.165, 1.54) is 11.3 Å². The van der Waals surface area contributed by atoms with Crippen LogP contribution >= 0.6 is 11.3 Å². The molecule has 7 heteroatoms. The van der Waals surface area contributed by atoms with E-state index in [4.69, 9.17) is 9.47 Å². The van der Waals surface area contributed by atoms with Crippen LogP contribution in [0.15, 0.2) is 5.38 Å². The highest BCUT2D eigenvalue weighted by molar-refractivity contribution is 7.14. The second-order valence-electron chi connectivity index (χ2n) is 3.75. The lowest BCUT2D eigenvalue weighted by Crippen LogP contribution is -2.26. The molecule has 1 aromatic heterocycles. The fourth-order valence-corrected chi connectivity index (χ4v) is 2.28. The molecule has 1 saturated heterocycles. The Morgan fingerprint density at radius 3 is 3.17 bits per heavy atom. The third-order valence-electron chi connectivity index (χ3n) is 2.44. The van der Waals surface area contributed by atoms with Gasteiger partial charge >= 0.3 is 5.97 Å².